The van der Waals surface area contributed by atoms with Crippen LogP contribution in [0.4, 0.5) is 5.82 Å². The number of aromatic nitrogens is 2. The number of carbonyl (C=O) groups excluding carboxylic acids is 2. The van der Waals surface area contributed by atoms with Crippen molar-refractivity contribution in [1.82, 2.24) is 9.97 Å². The molecule has 1 amide bonds. The van der Waals surface area contributed by atoms with Crippen LogP contribution in [0.1, 0.15) is 12.8 Å². The molecule has 8 heteroatoms. The molecular weight excluding hydrogens is 262 g/mol. The molecular formula is C10H12ClN3O4. The number of halogens is 1. The summed E-state index contributed by atoms with van der Waals surface area (Å²) in [5.74, 6) is -0.516. The summed E-state index contributed by atoms with van der Waals surface area (Å²) in [5, 5.41) is 2.57. The molecule has 7 nitrogen and oxygen atoms in total. The van der Waals surface area contributed by atoms with E-state index in [-0.39, 0.29) is 35.6 Å². The van der Waals surface area contributed by atoms with Crippen LogP contribution in [0.25, 0.3) is 0 Å². The first-order valence-corrected chi connectivity index (χ1v) is 5.37. The number of amides is 1. The molecule has 0 saturated carbocycles. The summed E-state index contributed by atoms with van der Waals surface area (Å²) >= 11 is 5.68. The molecule has 0 bridgehead atoms. The predicted molar refractivity (Wildman–Crippen MR) is 63.5 cm³/mol. The molecule has 1 N–H and O–H groups in total. The first kappa shape index (κ1) is 14.2. The maximum atomic E-state index is 11.5. The van der Waals surface area contributed by atoms with Crippen LogP contribution >= 0.6 is 11.6 Å². The lowest BCUT2D eigenvalue weighted by atomic mass is 10.3. The highest BCUT2D eigenvalue weighted by Gasteiger charge is 2.10. The lowest BCUT2D eigenvalue weighted by molar-refractivity contribution is -0.141. The van der Waals surface area contributed by atoms with Gasteiger partial charge in [-0.3, -0.25) is 9.59 Å². The number of methoxy groups -OCH3 is 2. The minimum atomic E-state index is -0.454. The fourth-order valence-corrected chi connectivity index (χ4v) is 1.24. The first-order chi connectivity index (χ1) is 8.56. The van der Waals surface area contributed by atoms with Crippen LogP contribution in [0, 0.1) is 0 Å². The zero-order valence-electron chi connectivity index (χ0n) is 9.90. The lowest BCUT2D eigenvalue weighted by Gasteiger charge is -2.06. The highest BCUT2D eigenvalue weighted by Crippen LogP contribution is 2.20. The Kier molecular flexibility index (Phi) is 5.31. The van der Waals surface area contributed by atoms with E-state index in [4.69, 9.17) is 16.3 Å². The normalized spacial score (nSPS) is 9.72. The molecule has 18 heavy (non-hydrogen) atoms. The topological polar surface area (TPSA) is 90.4 Å². The van der Waals surface area contributed by atoms with Crippen LogP contribution in [-0.4, -0.2) is 36.1 Å². The van der Waals surface area contributed by atoms with Gasteiger partial charge in [0.15, 0.2) is 11.0 Å². The van der Waals surface area contributed by atoms with Crippen molar-refractivity contribution in [1.29, 1.82) is 0 Å². The van der Waals surface area contributed by atoms with Crippen molar-refractivity contribution in [3.8, 4) is 5.88 Å². The van der Waals surface area contributed by atoms with Crippen LogP contribution in [0.15, 0.2) is 6.20 Å². The van der Waals surface area contributed by atoms with Crippen molar-refractivity contribution in [2.45, 2.75) is 12.8 Å². The number of hydrogen-bond acceptors (Lipinski definition) is 6. The van der Waals surface area contributed by atoms with Gasteiger partial charge in [-0.2, -0.15) is 4.98 Å². The Morgan fingerprint density at radius 1 is 1.39 bits per heavy atom. The zero-order chi connectivity index (χ0) is 13.5. The molecule has 0 aliphatic rings. The second kappa shape index (κ2) is 6.75. The summed E-state index contributed by atoms with van der Waals surface area (Å²) in [7, 11) is 2.65. The van der Waals surface area contributed by atoms with E-state index in [0.29, 0.717) is 0 Å². The second-order valence-corrected chi connectivity index (χ2v) is 3.54. The molecule has 0 aliphatic heterocycles. The molecule has 0 atom stereocenters. The Balaban J connectivity index is 2.56. The summed E-state index contributed by atoms with van der Waals surface area (Å²) in [5.41, 5.74) is 0. The van der Waals surface area contributed by atoms with Gasteiger partial charge < -0.3 is 14.8 Å². The van der Waals surface area contributed by atoms with E-state index in [2.05, 4.69) is 20.0 Å². The van der Waals surface area contributed by atoms with Crippen molar-refractivity contribution < 1.29 is 19.1 Å². The summed E-state index contributed by atoms with van der Waals surface area (Å²) in [4.78, 5) is 30.0. The molecule has 0 unspecified atom stereocenters. The number of nitrogens with zero attached hydrogens (tertiary/aromatic N) is 2. The maximum Gasteiger partial charge on any atom is 0.306 e. The van der Waals surface area contributed by atoms with Crippen molar-refractivity contribution in [3.05, 3.63) is 11.3 Å². The van der Waals surface area contributed by atoms with E-state index in [1.807, 2.05) is 0 Å². The Morgan fingerprint density at radius 2 is 2.11 bits per heavy atom. The number of rotatable bonds is 5. The van der Waals surface area contributed by atoms with Gasteiger partial charge in [-0.05, 0) is 0 Å². The molecule has 0 fully saturated rings. The molecule has 0 aromatic carbocycles. The predicted octanol–water partition coefficient (Wildman–Crippen LogP) is 1.03. The molecule has 0 radical (unpaired) electrons. The number of anilines is 1. The molecule has 1 rings (SSSR count). The third kappa shape index (κ3) is 4.17. The maximum absolute atomic E-state index is 11.5. The summed E-state index contributed by atoms with van der Waals surface area (Å²) in [6.07, 6.45) is 1.29. The minimum absolute atomic E-state index is 0.000483. The number of ether oxygens (including phenoxy) is 2. The van der Waals surface area contributed by atoms with Gasteiger partial charge in [0.2, 0.25) is 5.91 Å². The van der Waals surface area contributed by atoms with Gasteiger partial charge in [0.25, 0.3) is 5.88 Å². The summed E-state index contributed by atoms with van der Waals surface area (Å²) in [6, 6.07) is 0. The second-order valence-electron chi connectivity index (χ2n) is 3.18. The highest BCUT2D eigenvalue weighted by atomic mass is 35.5. The fraction of sp³-hybridized carbons (Fsp3) is 0.400. The average Bonchev–Trinajstić information content (AvgIpc) is 2.38. The fourth-order valence-electron chi connectivity index (χ4n) is 1.07. The third-order valence-electron chi connectivity index (χ3n) is 1.94. The zero-order valence-corrected chi connectivity index (χ0v) is 10.7. The SMILES string of the molecule is COC(=O)CCC(=O)Nc1cnc(Cl)c(OC)n1. The van der Waals surface area contributed by atoms with E-state index >= 15 is 0 Å². The van der Waals surface area contributed by atoms with Gasteiger partial charge in [-0.15, -0.1) is 0 Å². The Bertz CT molecular complexity index is 453. The van der Waals surface area contributed by atoms with E-state index in [1.165, 1.54) is 20.4 Å². The van der Waals surface area contributed by atoms with Crippen LogP contribution < -0.4 is 10.1 Å². The Morgan fingerprint density at radius 3 is 2.72 bits per heavy atom. The quantitative estimate of drug-likeness (QED) is 0.806. The van der Waals surface area contributed by atoms with Gasteiger partial charge in [0, 0.05) is 6.42 Å². The summed E-state index contributed by atoms with van der Waals surface area (Å²) < 4.78 is 9.27. The molecule has 0 aliphatic carbocycles. The van der Waals surface area contributed by atoms with E-state index in [0.717, 1.165) is 0 Å². The van der Waals surface area contributed by atoms with Crippen LogP contribution in [-0.2, 0) is 14.3 Å². The first-order valence-electron chi connectivity index (χ1n) is 5.00. The molecule has 1 heterocycles. The standard InChI is InChI=1S/C10H12ClN3O4/c1-17-8(16)4-3-7(15)13-6-5-12-9(11)10(14-6)18-2/h5H,3-4H2,1-2H3,(H,13,14,15). The number of carbonyl (C=O) groups is 2. The third-order valence-corrected chi connectivity index (χ3v) is 2.20. The monoisotopic (exact) mass is 273 g/mol. The average molecular weight is 274 g/mol. The van der Waals surface area contributed by atoms with Gasteiger partial charge in [-0.1, -0.05) is 11.6 Å². The minimum Gasteiger partial charge on any atom is -0.479 e. The number of nitrogens with one attached hydrogen (secondary N) is 1. The van der Waals surface area contributed by atoms with Crippen molar-refractivity contribution in [3.63, 3.8) is 0 Å². The molecule has 1 aromatic rings. The molecule has 0 spiro atoms. The molecule has 1 aromatic heterocycles. The van der Waals surface area contributed by atoms with Crippen molar-refractivity contribution in [2.24, 2.45) is 0 Å². The highest BCUT2D eigenvalue weighted by molar-refractivity contribution is 6.30. The van der Waals surface area contributed by atoms with E-state index in [9.17, 15) is 9.59 Å². The lowest BCUT2D eigenvalue weighted by Crippen LogP contribution is -2.15. The van der Waals surface area contributed by atoms with Gasteiger partial charge >= 0.3 is 5.97 Å². The van der Waals surface area contributed by atoms with Gasteiger partial charge in [0.1, 0.15) is 0 Å². The van der Waals surface area contributed by atoms with E-state index < -0.39 is 5.97 Å². The van der Waals surface area contributed by atoms with Gasteiger partial charge in [0.05, 0.1) is 26.8 Å². The van der Waals surface area contributed by atoms with Crippen molar-refractivity contribution >= 4 is 29.3 Å². The summed E-state index contributed by atoms with van der Waals surface area (Å²) in [6.45, 7) is 0. The van der Waals surface area contributed by atoms with Crippen LogP contribution in [0.3, 0.4) is 0 Å². The van der Waals surface area contributed by atoms with Gasteiger partial charge in [-0.25, -0.2) is 4.98 Å². The number of hydrogen-bond donors (Lipinski definition) is 1. The Labute approximate surface area is 108 Å². The largest absolute Gasteiger partial charge is 0.479 e. The van der Waals surface area contributed by atoms with Crippen LogP contribution in [0.2, 0.25) is 5.15 Å². The van der Waals surface area contributed by atoms with E-state index in [1.54, 1.807) is 0 Å². The molecule has 98 valence electrons. The van der Waals surface area contributed by atoms with Crippen LogP contribution in [0.5, 0.6) is 5.88 Å². The Hall–Kier alpha value is -1.89. The molecule has 0 saturated heterocycles. The smallest absolute Gasteiger partial charge is 0.306 e. The van der Waals surface area contributed by atoms with Crippen molar-refractivity contribution in [2.75, 3.05) is 19.5 Å². The number of esters is 1.